The van der Waals surface area contributed by atoms with Gasteiger partial charge in [0.15, 0.2) is 0 Å². The Labute approximate surface area is 470 Å². The fraction of sp³-hybridized carbons (Fsp3) is 0.727. The van der Waals surface area contributed by atoms with Crippen molar-refractivity contribution < 1.29 is 0 Å². The van der Waals surface area contributed by atoms with Gasteiger partial charge >= 0.3 is 422 Å². The van der Waals surface area contributed by atoms with E-state index in [1.165, 1.54) is 299 Å². The van der Waals surface area contributed by atoms with Gasteiger partial charge in [0.25, 0.3) is 0 Å². The summed E-state index contributed by atoms with van der Waals surface area (Å²) in [5, 5.41) is 0. The summed E-state index contributed by atoms with van der Waals surface area (Å²) >= 11 is -2.42. The molecule has 7 rings (SSSR count). The Morgan fingerprint density at radius 2 is 0.554 bits per heavy atom. The van der Waals surface area contributed by atoms with Gasteiger partial charge in [-0.05, 0) is 0 Å². The predicted octanol–water partition coefficient (Wildman–Crippen LogP) is 21.4. The maximum absolute atomic E-state index is 5.41. The molecule has 3 aromatic carbocycles. The molecule has 4 nitrogen and oxygen atoms in total. The summed E-state index contributed by atoms with van der Waals surface area (Å²) in [6, 6.07) is 11.3. The van der Waals surface area contributed by atoms with Crippen LogP contribution in [0.2, 0.25) is 29.6 Å². The van der Waals surface area contributed by atoms with E-state index in [-0.39, 0.29) is 10.8 Å². The molecule has 0 fully saturated rings. The second-order valence-corrected chi connectivity index (χ2v) is 55.9. The Hall–Kier alpha value is -1.10. The molecule has 0 amide bonds. The van der Waals surface area contributed by atoms with Crippen LogP contribution in [0.1, 0.15) is 281 Å². The average Bonchev–Trinajstić information content (AvgIpc) is 4.17. The van der Waals surface area contributed by atoms with Gasteiger partial charge in [0.05, 0.1) is 0 Å². The van der Waals surface area contributed by atoms with Gasteiger partial charge in [0.1, 0.15) is 0 Å². The van der Waals surface area contributed by atoms with Gasteiger partial charge in [-0.25, -0.2) is 0 Å². The maximum atomic E-state index is 5.41. The molecule has 0 aliphatic heterocycles. The van der Waals surface area contributed by atoms with E-state index in [1.54, 1.807) is 29.4 Å². The van der Waals surface area contributed by atoms with Crippen molar-refractivity contribution in [3.8, 4) is 22.3 Å². The van der Waals surface area contributed by atoms with Crippen LogP contribution < -0.4 is 7.16 Å². The van der Waals surface area contributed by atoms with Crippen molar-refractivity contribution in [2.45, 2.75) is 299 Å². The first-order chi connectivity index (χ1) is 35.9. The predicted molar refractivity (Wildman–Crippen MR) is 336 cm³/mol. The van der Waals surface area contributed by atoms with Crippen LogP contribution in [0.15, 0.2) is 24.3 Å². The molecule has 0 saturated heterocycles. The fourth-order valence-electron chi connectivity index (χ4n) is 14.0. The zero-order valence-electron chi connectivity index (χ0n) is 49.4. The molecule has 0 N–H and O–H groups in total. The van der Waals surface area contributed by atoms with Crippen molar-refractivity contribution in [3.05, 3.63) is 46.5 Å². The van der Waals surface area contributed by atoms with Gasteiger partial charge in [-0.15, -0.1) is 0 Å². The number of hydrogen-bond acceptors (Lipinski definition) is 6. The molecule has 0 spiro atoms. The Morgan fingerprint density at radius 3 is 0.811 bits per heavy atom. The van der Waals surface area contributed by atoms with Crippen LogP contribution in [0.25, 0.3) is 44.3 Å². The SMILES string of the molecule is CCCCCCCCCCC1(CCCCCCCCCC)c2cc3c(cc2-c2c1c[c]([Sn]([CH3])([CH3])[CH3])c1nsnc21)C(CCCCCCCCCC)(CCCCCCCCCC)c1c[c]([Sn]([CH3])([CH3])[CH3])c2nsnc2c1-3. The van der Waals surface area contributed by atoms with Crippen LogP contribution in [0.3, 0.4) is 0 Å². The zero-order valence-corrected chi connectivity index (χ0v) is 56.7. The van der Waals surface area contributed by atoms with Crippen molar-refractivity contribution in [1.29, 1.82) is 0 Å². The molecule has 0 unspecified atom stereocenters. The van der Waals surface area contributed by atoms with E-state index in [4.69, 9.17) is 17.5 Å². The number of rotatable bonds is 38. The third kappa shape index (κ3) is 14.4. The summed E-state index contributed by atoms with van der Waals surface area (Å²) in [5.41, 5.74) is 17.4. The first-order valence-electron chi connectivity index (χ1n) is 31.7. The molecule has 74 heavy (non-hydrogen) atoms. The van der Waals surface area contributed by atoms with Crippen molar-refractivity contribution in [1.82, 2.24) is 17.5 Å². The monoisotopic (exact) mass is 1260 g/mol. The van der Waals surface area contributed by atoms with E-state index in [0.29, 0.717) is 0 Å². The molecule has 0 atom stereocenters. The molecule has 2 aliphatic rings. The minimum absolute atomic E-state index is 0.0317. The van der Waals surface area contributed by atoms with Crippen LogP contribution in [-0.4, -0.2) is 54.2 Å². The molecule has 8 heteroatoms. The van der Waals surface area contributed by atoms with E-state index < -0.39 is 36.8 Å². The number of aromatic nitrogens is 4. The fourth-order valence-corrected chi connectivity index (χ4v) is 23.9. The van der Waals surface area contributed by atoms with E-state index in [0.717, 1.165) is 0 Å². The molecular formula is C66H106N4S2Sn2. The standard InChI is InChI=1S/C60H88N4S2.6CH3.2Sn/c1-5-9-13-17-21-25-29-33-41-59(42-34-30-26-22-18-14-10-6-2)49-37-39-53-57(63-65-61-53)55(49)47-46-52-48(45-51(47)59)56-50(38-40-54-58(56)64-66-62-54)60(52,43-35-31-27-23-19-15-11-7-3)44-36-32-28-24-20-16-12-8-4;;;;;;;;/h37-38,45-46H,5-36,41-44H2,1-4H3;6*1H3;;. The first kappa shape index (κ1) is 60.5. The van der Waals surface area contributed by atoms with Crippen LogP contribution in [0, 0.1) is 0 Å². The average molecular weight is 1260 g/mol. The van der Waals surface area contributed by atoms with E-state index >= 15 is 0 Å². The molecule has 0 bridgehead atoms. The van der Waals surface area contributed by atoms with E-state index in [2.05, 4.69) is 81.6 Å². The van der Waals surface area contributed by atoms with E-state index in [1.807, 2.05) is 0 Å². The van der Waals surface area contributed by atoms with Gasteiger partial charge in [-0.1, -0.05) is 53.4 Å². The van der Waals surface area contributed by atoms with Gasteiger partial charge in [-0.3, -0.25) is 0 Å². The van der Waals surface area contributed by atoms with Crippen LogP contribution >= 0.6 is 23.5 Å². The Morgan fingerprint density at radius 1 is 0.311 bits per heavy atom. The minimum atomic E-state index is -2.69. The molecule has 0 radical (unpaired) electrons. The Balaban J connectivity index is 1.41. The number of unbranched alkanes of at least 4 members (excludes halogenated alkanes) is 28. The van der Waals surface area contributed by atoms with Crippen LogP contribution in [-0.2, 0) is 10.8 Å². The summed E-state index contributed by atoms with van der Waals surface area (Å²) in [5.74, 6) is 0. The van der Waals surface area contributed by atoms with Crippen LogP contribution in [0.5, 0.6) is 0 Å². The number of fused-ring (bicyclic) bond motifs is 10. The number of nitrogens with zero attached hydrogens (tertiary/aromatic N) is 4. The second-order valence-electron chi connectivity index (χ2n) is 26.1. The van der Waals surface area contributed by atoms with Gasteiger partial charge < -0.3 is 0 Å². The number of benzene rings is 3. The summed E-state index contributed by atoms with van der Waals surface area (Å²) in [6.45, 7) is 9.38. The molecule has 2 heterocycles. The summed E-state index contributed by atoms with van der Waals surface area (Å²) in [4.78, 5) is 15.7. The van der Waals surface area contributed by atoms with Crippen molar-refractivity contribution >= 4 is 89.4 Å². The third-order valence-corrected chi connectivity index (χ3v) is 30.7. The quantitative estimate of drug-likeness (QED) is 0.0292. The second kappa shape index (κ2) is 29.4. The van der Waals surface area contributed by atoms with Crippen LogP contribution in [0.4, 0.5) is 0 Å². The molecule has 5 aromatic rings. The molecule has 0 saturated carbocycles. The molecule has 2 aromatic heterocycles. The van der Waals surface area contributed by atoms with Crippen molar-refractivity contribution in [2.24, 2.45) is 0 Å². The first-order valence-corrected chi connectivity index (χ1v) is 53.1. The van der Waals surface area contributed by atoms with Gasteiger partial charge in [-0.2, -0.15) is 0 Å². The van der Waals surface area contributed by atoms with Gasteiger partial charge in [0, 0.05) is 0 Å². The zero-order chi connectivity index (χ0) is 52.6. The number of hydrogen-bond donors (Lipinski definition) is 0. The van der Waals surface area contributed by atoms with Crippen molar-refractivity contribution in [3.63, 3.8) is 0 Å². The third-order valence-electron chi connectivity index (χ3n) is 18.3. The molecular weight excluding hydrogens is 1150 g/mol. The Kier molecular flexibility index (Phi) is 24.0. The summed E-state index contributed by atoms with van der Waals surface area (Å²) < 4.78 is 24.5. The molecule has 410 valence electrons. The Bertz CT molecular complexity index is 2280. The molecule has 2 aliphatic carbocycles. The topological polar surface area (TPSA) is 51.6 Å². The van der Waals surface area contributed by atoms with E-state index in [9.17, 15) is 0 Å². The normalized spacial score (nSPS) is 14.6. The van der Waals surface area contributed by atoms with Crippen molar-refractivity contribution in [2.75, 3.05) is 0 Å². The summed E-state index contributed by atoms with van der Waals surface area (Å²) in [6.07, 6.45) is 48.4. The van der Waals surface area contributed by atoms with Gasteiger partial charge in [0.2, 0.25) is 0 Å². The summed E-state index contributed by atoms with van der Waals surface area (Å²) in [7, 11) is 0.